The highest BCUT2D eigenvalue weighted by Gasteiger charge is 2.15. The molecule has 3 rings (SSSR count). The molecule has 1 aliphatic heterocycles. The Morgan fingerprint density at radius 1 is 1.04 bits per heavy atom. The second-order valence-corrected chi connectivity index (χ2v) is 6.63. The molecule has 3 nitrogen and oxygen atoms in total. The highest BCUT2D eigenvalue weighted by Crippen LogP contribution is 2.26. The van der Waals surface area contributed by atoms with E-state index in [4.69, 9.17) is 10.5 Å². The lowest BCUT2D eigenvalue weighted by atomic mass is 10.1. The number of likely N-dealkylation sites (tertiary alicyclic amines) is 1. The van der Waals surface area contributed by atoms with Gasteiger partial charge in [0.05, 0.1) is 0 Å². The molecule has 23 heavy (non-hydrogen) atoms. The number of rotatable bonds is 4. The van der Waals surface area contributed by atoms with Gasteiger partial charge < -0.3 is 10.5 Å². The van der Waals surface area contributed by atoms with Crippen molar-refractivity contribution in [1.29, 1.82) is 0 Å². The van der Waals surface area contributed by atoms with E-state index < -0.39 is 0 Å². The second-order valence-electron chi connectivity index (χ2n) is 6.63. The maximum absolute atomic E-state index is 5.99. The van der Waals surface area contributed by atoms with E-state index in [-0.39, 0.29) is 0 Å². The van der Waals surface area contributed by atoms with Crippen LogP contribution in [0.15, 0.2) is 42.5 Å². The number of hydrogen-bond donors (Lipinski definition) is 1. The summed E-state index contributed by atoms with van der Waals surface area (Å²) < 4.78 is 5.99. The van der Waals surface area contributed by atoms with Crippen molar-refractivity contribution in [2.24, 2.45) is 5.73 Å². The van der Waals surface area contributed by atoms with Crippen LogP contribution in [-0.4, -0.2) is 24.0 Å². The molecule has 1 fully saturated rings. The zero-order chi connectivity index (χ0) is 16.2. The van der Waals surface area contributed by atoms with E-state index in [0.29, 0.717) is 6.04 Å². The Hall–Kier alpha value is -1.84. The van der Waals surface area contributed by atoms with Crippen molar-refractivity contribution in [3.63, 3.8) is 0 Å². The fraction of sp³-hybridized carbons (Fsp3) is 0.400. The Morgan fingerprint density at radius 3 is 2.39 bits per heavy atom. The molecule has 0 saturated carbocycles. The number of aryl methyl sites for hydroxylation is 2. The summed E-state index contributed by atoms with van der Waals surface area (Å²) in [5.41, 5.74) is 9.71. The molecule has 2 N–H and O–H groups in total. The normalized spacial score (nSPS) is 16.5. The van der Waals surface area contributed by atoms with Gasteiger partial charge in [-0.1, -0.05) is 29.8 Å². The van der Waals surface area contributed by atoms with Crippen molar-refractivity contribution in [1.82, 2.24) is 4.90 Å². The molecule has 1 heterocycles. The molecule has 0 radical (unpaired) electrons. The molecule has 0 atom stereocenters. The molecule has 0 aliphatic carbocycles. The minimum atomic E-state index is 0.389. The maximum Gasteiger partial charge on any atom is 0.130 e. The van der Waals surface area contributed by atoms with Crippen LogP contribution in [0, 0.1) is 13.8 Å². The Bertz CT molecular complexity index is 643. The summed E-state index contributed by atoms with van der Waals surface area (Å²) in [6.45, 7) is 7.37. The average Bonchev–Trinajstić information content (AvgIpc) is 2.54. The van der Waals surface area contributed by atoms with Crippen LogP contribution < -0.4 is 10.5 Å². The Morgan fingerprint density at radius 2 is 1.74 bits per heavy atom. The van der Waals surface area contributed by atoms with Gasteiger partial charge in [0.2, 0.25) is 0 Å². The molecule has 0 bridgehead atoms. The fourth-order valence-electron chi connectivity index (χ4n) is 3.07. The van der Waals surface area contributed by atoms with Gasteiger partial charge in [-0.2, -0.15) is 0 Å². The third-order valence-electron chi connectivity index (χ3n) is 4.52. The van der Waals surface area contributed by atoms with Gasteiger partial charge in [-0.3, -0.25) is 4.90 Å². The Kier molecular flexibility index (Phi) is 4.99. The van der Waals surface area contributed by atoms with E-state index >= 15 is 0 Å². The highest BCUT2D eigenvalue weighted by atomic mass is 16.5. The molecule has 3 heteroatoms. The van der Waals surface area contributed by atoms with Gasteiger partial charge in [0.25, 0.3) is 0 Å². The smallest absolute Gasteiger partial charge is 0.130 e. The van der Waals surface area contributed by atoms with E-state index in [1.54, 1.807) is 0 Å². The average molecular weight is 310 g/mol. The first kappa shape index (κ1) is 16.0. The Labute approximate surface area is 139 Å². The number of nitrogens with zero attached hydrogens (tertiary/aromatic N) is 1. The quantitative estimate of drug-likeness (QED) is 0.927. The molecule has 1 aliphatic rings. The van der Waals surface area contributed by atoms with E-state index in [0.717, 1.165) is 44.0 Å². The number of nitrogens with two attached hydrogens (primary N) is 1. The third-order valence-corrected chi connectivity index (χ3v) is 4.52. The van der Waals surface area contributed by atoms with Crippen molar-refractivity contribution in [3.05, 3.63) is 59.2 Å². The highest BCUT2D eigenvalue weighted by molar-refractivity contribution is 5.39. The van der Waals surface area contributed by atoms with Gasteiger partial charge >= 0.3 is 0 Å². The molecule has 2 aromatic rings. The predicted molar refractivity (Wildman–Crippen MR) is 94.9 cm³/mol. The van der Waals surface area contributed by atoms with E-state index in [1.165, 1.54) is 16.7 Å². The number of benzene rings is 2. The Balaban J connectivity index is 1.60. The van der Waals surface area contributed by atoms with Crippen LogP contribution in [0.2, 0.25) is 0 Å². The molecule has 0 amide bonds. The first-order valence-electron chi connectivity index (χ1n) is 8.42. The fourth-order valence-corrected chi connectivity index (χ4v) is 3.07. The van der Waals surface area contributed by atoms with Crippen molar-refractivity contribution >= 4 is 0 Å². The van der Waals surface area contributed by atoms with Gasteiger partial charge in [0, 0.05) is 12.6 Å². The van der Waals surface area contributed by atoms with Crippen LogP contribution in [0.4, 0.5) is 0 Å². The standard InChI is InChI=1S/C20H26N2O/c1-15-3-8-20(16(2)13-15)23-19-6-4-17(5-7-19)14-22-11-9-18(21)10-12-22/h3-8,13,18H,9-12,14,21H2,1-2H3. The molecule has 122 valence electrons. The summed E-state index contributed by atoms with van der Waals surface area (Å²) in [7, 11) is 0. The van der Waals surface area contributed by atoms with E-state index in [9.17, 15) is 0 Å². The van der Waals surface area contributed by atoms with Gasteiger partial charge in [-0.05, 0) is 69.1 Å². The monoisotopic (exact) mass is 310 g/mol. The molecule has 1 saturated heterocycles. The molecule has 2 aromatic carbocycles. The molecule has 0 unspecified atom stereocenters. The predicted octanol–water partition coefficient (Wildman–Crippen LogP) is 4.02. The van der Waals surface area contributed by atoms with Crippen LogP contribution in [0.5, 0.6) is 11.5 Å². The molecule has 0 aromatic heterocycles. The van der Waals surface area contributed by atoms with E-state index in [2.05, 4.69) is 55.1 Å². The van der Waals surface area contributed by atoms with Crippen LogP contribution >= 0.6 is 0 Å². The van der Waals surface area contributed by atoms with Crippen LogP contribution in [-0.2, 0) is 6.54 Å². The maximum atomic E-state index is 5.99. The molecular formula is C20H26N2O. The number of ether oxygens (including phenoxy) is 1. The summed E-state index contributed by atoms with van der Waals surface area (Å²) >= 11 is 0. The largest absolute Gasteiger partial charge is 0.457 e. The summed E-state index contributed by atoms with van der Waals surface area (Å²) in [6.07, 6.45) is 2.21. The third kappa shape index (κ3) is 4.34. The van der Waals surface area contributed by atoms with Gasteiger partial charge in [0.15, 0.2) is 0 Å². The minimum absolute atomic E-state index is 0.389. The van der Waals surface area contributed by atoms with Crippen LogP contribution in [0.1, 0.15) is 29.5 Å². The lowest BCUT2D eigenvalue weighted by molar-refractivity contribution is 0.205. The minimum Gasteiger partial charge on any atom is -0.457 e. The molecule has 0 spiro atoms. The first-order valence-corrected chi connectivity index (χ1v) is 8.42. The zero-order valence-electron chi connectivity index (χ0n) is 14.1. The topological polar surface area (TPSA) is 38.5 Å². The lowest BCUT2D eigenvalue weighted by Gasteiger charge is -2.30. The van der Waals surface area contributed by atoms with Crippen molar-refractivity contribution in [2.45, 2.75) is 39.3 Å². The van der Waals surface area contributed by atoms with Crippen LogP contribution in [0.3, 0.4) is 0 Å². The molecular weight excluding hydrogens is 284 g/mol. The second kappa shape index (κ2) is 7.16. The first-order chi connectivity index (χ1) is 11.1. The van der Waals surface area contributed by atoms with E-state index in [1.807, 2.05) is 6.07 Å². The van der Waals surface area contributed by atoms with Crippen molar-refractivity contribution in [2.75, 3.05) is 13.1 Å². The lowest BCUT2D eigenvalue weighted by Crippen LogP contribution is -2.39. The number of hydrogen-bond acceptors (Lipinski definition) is 3. The zero-order valence-corrected chi connectivity index (χ0v) is 14.1. The van der Waals surface area contributed by atoms with Gasteiger partial charge in [0.1, 0.15) is 11.5 Å². The van der Waals surface area contributed by atoms with Crippen molar-refractivity contribution in [3.8, 4) is 11.5 Å². The summed E-state index contributed by atoms with van der Waals surface area (Å²) in [4.78, 5) is 2.48. The number of piperidine rings is 1. The van der Waals surface area contributed by atoms with Crippen molar-refractivity contribution < 1.29 is 4.74 Å². The van der Waals surface area contributed by atoms with Gasteiger partial charge in [-0.15, -0.1) is 0 Å². The van der Waals surface area contributed by atoms with Gasteiger partial charge in [-0.25, -0.2) is 0 Å². The summed E-state index contributed by atoms with van der Waals surface area (Å²) in [5.74, 6) is 1.81. The SMILES string of the molecule is Cc1ccc(Oc2ccc(CN3CCC(N)CC3)cc2)c(C)c1. The van der Waals surface area contributed by atoms with Crippen LogP contribution in [0.25, 0.3) is 0 Å². The summed E-state index contributed by atoms with van der Waals surface area (Å²) in [5, 5.41) is 0. The summed E-state index contributed by atoms with van der Waals surface area (Å²) in [6, 6.07) is 15.1.